The molecule has 178 valence electrons. The number of nitrogens with zero attached hydrogens (tertiary/aromatic N) is 3. The summed E-state index contributed by atoms with van der Waals surface area (Å²) in [6.45, 7) is 2.39. The van der Waals surface area contributed by atoms with Crippen LogP contribution in [0.5, 0.6) is 5.75 Å². The van der Waals surface area contributed by atoms with Crippen molar-refractivity contribution in [2.45, 2.75) is 44.5 Å². The topological polar surface area (TPSA) is 45.7 Å². The Morgan fingerprint density at radius 3 is 2.30 bits per heavy atom. The number of carbonyl (C=O) groups is 1. The van der Waals surface area contributed by atoms with Gasteiger partial charge in [0.2, 0.25) is 0 Å². The van der Waals surface area contributed by atoms with Crippen molar-refractivity contribution >= 4 is 11.7 Å². The number of hydrogen-bond acceptors (Lipinski definition) is 4. The summed E-state index contributed by atoms with van der Waals surface area (Å²) in [4.78, 5) is 19.6. The van der Waals surface area contributed by atoms with Gasteiger partial charge in [0, 0.05) is 44.4 Å². The number of benzene rings is 1. The zero-order valence-corrected chi connectivity index (χ0v) is 17.6. The molecular weight excluding hydrogens is 452 g/mol. The smallest absolute Gasteiger partial charge is 0.417 e. The molecule has 2 fully saturated rings. The molecule has 2 aliphatic rings. The number of hydrogen-bond donors (Lipinski definition) is 0. The minimum atomic E-state index is -4.68. The molecule has 5 nitrogen and oxygen atoms in total. The minimum Gasteiger partial charge on any atom is -0.477 e. The molecule has 0 bridgehead atoms. The van der Waals surface area contributed by atoms with E-state index in [9.17, 15) is 31.1 Å². The van der Waals surface area contributed by atoms with Gasteiger partial charge in [-0.15, -0.1) is 0 Å². The Hall–Kier alpha value is -2.98. The van der Waals surface area contributed by atoms with Crippen molar-refractivity contribution < 1.29 is 35.9 Å². The van der Waals surface area contributed by atoms with Gasteiger partial charge in [0.05, 0.1) is 5.56 Å². The van der Waals surface area contributed by atoms with Gasteiger partial charge < -0.3 is 14.5 Å². The van der Waals surface area contributed by atoms with E-state index in [2.05, 4.69) is 4.98 Å². The largest absolute Gasteiger partial charge is 0.477 e. The van der Waals surface area contributed by atoms with Gasteiger partial charge in [-0.1, -0.05) is 0 Å². The number of likely N-dealkylation sites (tertiary alicyclic amines) is 1. The third-order valence-electron chi connectivity index (χ3n) is 6.03. The highest BCUT2D eigenvalue weighted by Crippen LogP contribution is 2.33. The molecule has 0 unspecified atom stereocenters. The number of carbonyl (C=O) groups excluding carboxylic acids is 1. The van der Waals surface area contributed by atoms with Crippen LogP contribution in [-0.2, 0) is 11.0 Å². The molecule has 0 radical (unpaired) electrons. The van der Waals surface area contributed by atoms with Crippen molar-refractivity contribution in [1.29, 1.82) is 0 Å². The van der Waals surface area contributed by atoms with Gasteiger partial charge >= 0.3 is 6.18 Å². The number of pyridine rings is 1. The molecule has 0 spiro atoms. The lowest BCUT2D eigenvalue weighted by Gasteiger charge is -2.37. The highest BCUT2D eigenvalue weighted by Gasteiger charge is 2.39. The van der Waals surface area contributed by atoms with Crippen molar-refractivity contribution in [3.63, 3.8) is 0 Å². The molecule has 0 aliphatic carbocycles. The summed E-state index contributed by atoms with van der Waals surface area (Å²) in [6, 6.07) is 2.17. The molecule has 0 saturated carbocycles. The molecule has 33 heavy (non-hydrogen) atoms. The van der Waals surface area contributed by atoms with E-state index >= 15 is 0 Å². The van der Waals surface area contributed by atoms with Crippen molar-refractivity contribution in [3.05, 3.63) is 53.0 Å². The standard InChI is InChI=1S/C22H21F6N3O2/c1-12-8-16(24)19(10-15(12)23)33-18-4-7-31(21(18)32)14-2-5-30(6-3-14)20-17(25)9-13(11-29-20)22(26,27)28/h8-11,14,18H,2-7H2,1H3/t18-/m0/s1. The number of piperidine rings is 1. The first-order chi connectivity index (χ1) is 15.5. The van der Waals surface area contributed by atoms with E-state index in [1.54, 1.807) is 9.80 Å². The van der Waals surface area contributed by atoms with Crippen molar-refractivity contribution in [3.8, 4) is 5.75 Å². The highest BCUT2D eigenvalue weighted by molar-refractivity contribution is 5.83. The molecule has 11 heteroatoms. The molecule has 1 atom stereocenters. The summed E-state index contributed by atoms with van der Waals surface area (Å²) in [5.74, 6) is -3.26. The predicted octanol–water partition coefficient (Wildman–Crippen LogP) is 4.47. The molecule has 2 aliphatic heterocycles. The Labute approximate surface area is 185 Å². The number of rotatable bonds is 4. The Morgan fingerprint density at radius 1 is 0.970 bits per heavy atom. The quantitative estimate of drug-likeness (QED) is 0.615. The van der Waals surface area contributed by atoms with E-state index in [-0.39, 0.29) is 29.1 Å². The second-order valence-electron chi connectivity index (χ2n) is 8.20. The Bertz CT molecular complexity index is 1050. The monoisotopic (exact) mass is 473 g/mol. The Kier molecular flexibility index (Phi) is 6.15. The van der Waals surface area contributed by atoms with Crippen molar-refractivity contribution in [2.24, 2.45) is 0 Å². The summed E-state index contributed by atoms with van der Waals surface area (Å²) < 4.78 is 85.7. The van der Waals surface area contributed by atoms with Gasteiger partial charge in [-0.05, 0) is 37.5 Å². The van der Waals surface area contributed by atoms with Crippen LogP contribution in [0.3, 0.4) is 0 Å². The molecule has 0 N–H and O–H groups in total. The maximum atomic E-state index is 14.2. The van der Waals surface area contributed by atoms with Crippen LogP contribution in [-0.4, -0.2) is 47.6 Å². The highest BCUT2D eigenvalue weighted by atomic mass is 19.4. The molecule has 1 aromatic carbocycles. The minimum absolute atomic E-state index is 0.130. The van der Waals surface area contributed by atoms with Gasteiger partial charge in [-0.25, -0.2) is 18.2 Å². The van der Waals surface area contributed by atoms with Crippen LogP contribution in [0.15, 0.2) is 24.4 Å². The normalized spacial score (nSPS) is 20.0. The fraction of sp³-hybridized carbons (Fsp3) is 0.455. The SMILES string of the molecule is Cc1cc(F)c(O[C@H]2CCN(C3CCN(c4ncc(C(F)(F)F)cc4F)CC3)C2=O)cc1F. The summed E-state index contributed by atoms with van der Waals surface area (Å²) in [6.07, 6.45) is -3.80. The van der Waals surface area contributed by atoms with E-state index in [1.165, 1.54) is 6.92 Å². The summed E-state index contributed by atoms with van der Waals surface area (Å²) >= 11 is 0. The van der Waals surface area contributed by atoms with E-state index in [0.29, 0.717) is 51.2 Å². The molecule has 1 aromatic heterocycles. The van der Waals surface area contributed by atoms with Gasteiger partial charge in [-0.2, -0.15) is 13.2 Å². The molecular formula is C22H21F6N3O2. The van der Waals surface area contributed by atoms with Crippen LogP contribution in [0, 0.1) is 24.4 Å². The number of amides is 1. The van der Waals surface area contributed by atoms with Crippen LogP contribution >= 0.6 is 0 Å². The van der Waals surface area contributed by atoms with E-state index in [4.69, 9.17) is 4.74 Å². The maximum Gasteiger partial charge on any atom is 0.417 e. The van der Waals surface area contributed by atoms with E-state index < -0.39 is 35.3 Å². The average molecular weight is 473 g/mol. The Balaban J connectivity index is 1.37. The number of alkyl halides is 3. The summed E-state index contributed by atoms with van der Waals surface area (Å²) in [5, 5.41) is 0. The molecule has 1 amide bonds. The fourth-order valence-electron chi connectivity index (χ4n) is 4.23. The zero-order chi connectivity index (χ0) is 23.9. The van der Waals surface area contributed by atoms with Gasteiger partial charge in [0.15, 0.2) is 29.3 Å². The summed E-state index contributed by atoms with van der Waals surface area (Å²) in [7, 11) is 0. The number of aromatic nitrogens is 1. The van der Waals surface area contributed by atoms with Gasteiger partial charge in [0.25, 0.3) is 5.91 Å². The van der Waals surface area contributed by atoms with Gasteiger partial charge in [0.1, 0.15) is 5.82 Å². The van der Waals surface area contributed by atoms with Crippen LogP contribution < -0.4 is 9.64 Å². The van der Waals surface area contributed by atoms with Crippen LogP contribution in [0.25, 0.3) is 0 Å². The number of aryl methyl sites for hydroxylation is 1. The predicted molar refractivity (Wildman–Crippen MR) is 106 cm³/mol. The molecule has 3 heterocycles. The number of ether oxygens (including phenoxy) is 1. The van der Waals surface area contributed by atoms with Crippen LogP contribution in [0.1, 0.15) is 30.4 Å². The second kappa shape index (κ2) is 8.75. The number of halogens is 6. The first-order valence-electron chi connectivity index (χ1n) is 10.4. The lowest BCUT2D eigenvalue weighted by Crippen LogP contribution is -2.47. The molecule has 2 saturated heterocycles. The number of anilines is 1. The molecule has 4 rings (SSSR count). The van der Waals surface area contributed by atoms with E-state index in [1.807, 2.05) is 0 Å². The lowest BCUT2D eigenvalue weighted by molar-refractivity contribution is -0.138. The van der Waals surface area contributed by atoms with Crippen LogP contribution in [0.4, 0.5) is 32.2 Å². The fourth-order valence-corrected chi connectivity index (χ4v) is 4.23. The third-order valence-corrected chi connectivity index (χ3v) is 6.03. The van der Waals surface area contributed by atoms with E-state index in [0.717, 1.165) is 12.1 Å². The lowest BCUT2D eigenvalue weighted by atomic mass is 10.0. The summed E-state index contributed by atoms with van der Waals surface area (Å²) in [5.41, 5.74) is -1.03. The van der Waals surface area contributed by atoms with Crippen molar-refractivity contribution in [2.75, 3.05) is 24.5 Å². The van der Waals surface area contributed by atoms with Crippen molar-refractivity contribution in [1.82, 2.24) is 9.88 Å². The van der Waals surface area contributed by atoms with Gasteiger partial charge in [-0.3, -0.25) is 4.79 Å². The third kappa shape index (κ3) is 4.72. The average Bonchev–Trinajstić information content (AvgIpc) is 3.11. The first-order valence-corrected chi connectivity index (χ1v) is 10.4. The first kappa shape index (κ1) is 23.2. The maximum absolute atomic E-state index is 14.2. The zero-order valence-electron chi connectivity index (χ0n) is 17.6. The Morgan fingerprint density at radius 2 is 1.67 bits per heavy atom. The molecule has 2 aromatic rings. The second-order valence-corrected chi connectivity index (χ2v) is 8.20. The van der Waals surface area contributed by atoms with Crippen LogP contribution in [0.2, 0.25) is 0 Å².